The average Bonchev–Trinajstić information content (AvgIpc) is 2.17. The molecule has 1 aromatic carbocycles. The highest BCUT2D eigenvalue weighted by molar-refractivity contribution is 9.09. The van der Waals surface area contributed by atoms with Crippen molar-refractivity contribution in [3.05, 3.63) is 29.3 Å². The van der Waals surface area contributed by atoms with E-state index in [0.29, 0.717) is 6.29 Å². The minimum Gasteiger partial charge on any atom is -0.506 e. The van der Waals surface area contributed by atoms with E-state index >= 15 is 0 Å². The Bertz CT molecular complexity index is 347. The Balaban J connectivity index is 3.23. The molecule has 0 unspecified atom stereocenters. The lowest BCUT2D eigenvalue weighted by atomic mass is 10.1. The van der Waals surface area contributed by atoms with Crippen LogP contribution >= 0.6 is 15.9 Å². The van der Waals surface area contributed by atoms with Crippen LogP contribution in [0.15, 0.2) is 18.2 Å². The summed E-state index contributed by atoms with van der Waals surface area (Å²) in [5.41, 5.74) is 0.299. The zero-order valence-corrected chi connectivity index (χ0v) is 8.24. The molecule has 0 bridgehead atoms. The van der Waals surface area contributed by atoms with E-state index in [-0.39, 0.29) is 28.0 Å². The van der Waals surface area contributed by atoms with Crippen molar-refractivity contribution < 1.29 is 14.7 Å². The van der Waals surface area contributed by atoms with Crippen LogP contribution in [-0.2, 0) is 0 Å². The van der Waals surface area contributed by atoms with Gasteiger partial charge in [0.25, 0.3) is 0 Å². The highest BCUT2D eigenvalue weighted by atomic mass is 79.9. The fraction of sp³-hybridized carbons (Fsp3) is 0.111. The van der Waals surface area contributed by atoms with Crippen molar-refractivity contribution in [2.75, 3.05) is 5.33 Å². The molecular formula is C9H7BrO3. The van der Waals surface area contributed by atoms with Crippen LogP contribution in [0.1, 0.15) is 20.7 Å². The second kappa shape index (κ2) is 4.18. The number of aromatic hydroxyl groups is 1. The smallest absolute Gasteiger partial charge is 0.177 e. The third-order valence-electron chi connectivity index (χ3n) is 1.62. The molecule has 0 atom stereocenters. The molecule has 68 valence electrons. The first-order valence-corrected chi connectivity index (χ1v) is 4.69. The zero-order chi connectivity index (χ0) is 9.84. The van der Waals surface area contributed by atoms with Crippen LogP contribution in [0.4, 0.5) is 0 Å². The molecule has 0 spiro atoms. The first kappa shape index (κ1) is 9.92. The van der Waals surface area contributed by atoms with E-state index < -0.39 is 0 Å². The molecule has 0 aromatic heterocycles. The van der Waals surface area contributed by atoms with Crippen LogP contribution in [0.2, 0.25) is 0 Å². The molecule has 0 aliphatic carbocycles. The van der Waals surface area contributed by atoms with Gasteiger partial charge < -0.3 is 5.11 Å². The maximum Gasteiger partial charge on any atom is 0.177 e. The van der Waals surface area contributed by atoms with E-state index in [9.17, 15) is 14.7 Å². The number of benzene rings is 1. The number of carbonyl (C=O) groups is 2. The number of aldehydes is 1. The Kier molecular flexibility index (Phi) is 3.19. The predicted molar refractivity (Wildman–Crippen MR) is 51.6 cm³/mol. The van der Waals surface area contributed by atoms with Crippen LogP contribution in [-0.4, -0.2) is 22.5 Å². The van der Waals surface area contributed by atoms with Gasteiger partial charge in [0.15, 0.2) is 12.1 Å². The Morgan fingerprint density at radius 3 is 2.77 bits per heavy atom. The summed E-state index contributed by atoms with van der Waals surface area (Å²) in [4.78, 5) is 21.6. The van der Waals surface area contributed by atoms with Crippen molar-refractivity contribution >= 4 is 28.0 Å². The van der Waals surface area contributed by atoms with Crippen molar-refractivity contribution in [1.29, 1.82) is 0 Å². The van der Waals surface area contributed by atoms with E-state index in [0.717, 1.165) is 0 Å². The molecule has 4 heteroatoms. The average molecular weight is 243 g/mol. The number of carbonyl (C=O) groups excluding carboxylic acids is 2. The fourth-order valence-corrected chi connectivity index (χ4v) is 1.26. The summed E-state index contributed by atoms with van der Waals surface area (Å²) in [6, 6.07) is 4.48. The van der Waals surface area contributed by atoms with Crippen molar-refractivity contribution in [2.45, 2.75) is 0 Å². The number of hydrogen-bond donors (Lipinski definition) is 1. The summed E-state index contributed by atoms with van der Waals surface area (Å²) in [7, 11) is 0. The standard InChI is InChI=1S/C9H7BrO3/c10-4-8(12)7-3-1-2-6(5-11)9(7)13/h1-3,5,13H,4H2. The molecule has 0 saturated carbocycles. The van der Waals surface area contributed by atoms with Crippen LogP contribution < -0.4 is 0 Å². The monoisotopic (exact) mass is 242 g/mol. The molecule has 0 fully saturated rings. The van der Waals surface area contributed by atoms with E-state index in [1.807, 2.05) is 0 Å². The summed E-state index contributed by atoms with van der Waals surface area (Å²) in [6.45, 7) is 0. The molecule has 13 heavy (non-hydrogen) atoms. The molecule has 0 saturated heterocycles. The van der Waals surface area contributed by atoms with E-state index in [1.54, 1.807) is 6.07 Å². The number of phenolic OH excluding ortho intramolecular Hbond substituents is 1. The largest absolute Gasteiger partial charge is 0.506 e. The number of para-hydroxylation sites is 1. The lowest BCUT2D eigenvalue weighted by Gasteiger charge is -2.02. The highest BCUT2D eigenvalue weighted by Gasteiger charge is 2.11. The maximum atomic E-state index is 11.2. The van der Waals surface area contributed by atoms with Gasteiger partial charge in [0, 0.05) is 0 Å². The van der Waals surface area contributed by atoms with E-state index in [1.165, 1.54) is 12.1 Å². The minimum absolute atomic E-state index is 0.128. The normalized spacial score (nSPS) is 9.62. The first-order valence-electron chi connectivity index (χ1n) is 3.57. The number of hydrogen-bond acceptors (Lipinski definition) is 3. The lowest BCUT2D eigenvalue weighted by molar-refractivity contribution is 0.102. The number of ketones is 1. The topological polar surface area (TPSA) is 54.4 Å². The van der Waals surface area contributed by atoms with Gasteiger partial charge in [-0.15, -0.1) is 0 Å². The molecule has 1 rings (SSSR count). The minimum atomic E-state index is -0.249. The Labute approximate surface area is 83.5 Å². The summed E-state index contributed by atoms with van der Waals surface area (Å²) in [5.74, 6) is -0.497. The SMILES string of the molecule is O=Cc1cccc(C(=O)CBr)c1O. The number of phenols is 1. The summed E-state index contributed by atoms with van der Waals surface area (Å²) < 4.78 is 0. The molecule has 0 heterocycles. The molecule has 1 N–H and O–H groups in total. The van der Waals surface area contributed by atoms with Crippen LogP contribution in [0.5, 0.6) is 5.75 Å². The Morgan fingerprint density at radius 2 is 2.23 bits per heavy atom. The molecule has 3 nitrogen and oxygen atoms in total. The Hall–Kier alpha value is -1.16. The quantitative estimate of drug-likeness (QED) is 0.500. The number of halogens is 1. The second-order valence-corrected chi connectivity index (χ2v) is 2.98. The molecule has 0 amide bonds. The summed E-state index contributed by atoms with van der Waals surface area (Å²) >= 11 is 2.98. The molecule has 0 radical (unpaired) electrons. The number of alkyl halides is 1. The van der Waals surface area contributed by atoms with Gasteiger partial charge in [-0.3, -0.25) is 9.59 Å². The molecule has 1 aromatic rings. The molecule has 0 aliphatic heterocycles. The van der Waals surface area contributed by atoms with Crippen molar-refractivity contribution in [1.82, 2.24) is 0 Å². The summed E-state index contributed by atoms with van der Waals surface area (Å²) in [5, 5.41) is 9.55. The second-order valence-electron chi connectivity index (χ2n) is 2.42. The van der Waals surface area contributed by atoms with Gasteiger partial charge >= 0.3 is 0 Å². The van der Waals surface area contributed by atoms with Crippen LogP contribution in [0.25, 0.3) is 0 Å². The van der Waals surface area contributed by atoms with Gasteiger partial charge in [0.05, 0.1) is 16.5 Å². The van der Waals surface area contributed by atoms with Gasteiger partial charge in [-0.05, 0) is 12.1 Å². The Morgan fingerprint density at radius 1 is 1.54 bits per heavy atom. The van der Waals surface area contributed by atoms with Gasteiger partial charge in [0.1, 0.15) is 5.75 Å². The van der Waals surface area contributed by atoms with Crippen LogP contribution in [0, 0.1) is 0 Å². The first-order chi connectivity index (χ1) is 6.20. The molecular weight excluding hydrogens is 236 g/mol. The van der Waals surface area contributed by atoms with E-state index in [4.69, 9.17) is 0 Å². The maximum absolute atomic E-state index is 11.2. The van der Waals surface area contributed by atoms with Gasteiger partial charge in [0.2, 0.25) is 0 Å². The van der Waals surface area contributed by atoms with Gasteiger partial charge in [-0.1, -0.05) is 22.0 Å². The predicted octanol–water partition coefficient (Wildman–Crippen LogP) is 1.78. The fourth-order valence-electron chi connectivity index (χ4n) is 0.953. The zero-order valence-electron chi connectivity index (χ0n) is 6.66. The lowest BCUT2D eigenvalue weighted by Crippen LogP contribution is -2.01. The van der Waals surface area contributed by atoms with E-state index in [2.05, 4.69) is 15.9 Å². The third-order valence-corrected chi connectivity index (χ3v) is 2.13. The summed E-state index contributed by atoms with van der Waals surface area (Å²) in [6.07, 6.45) is 0.514. The van der Waals surface area contributed by atoms with Gasteiger partial charge in [-0.2, -0.15) is 0 Å². The van der Waals surface area contributed by atoms with Crippen LogP contribution in [0.3, 0.4) is 0 Å². The van der Waals surface area contributed by atoms with Crippen molar-refractivity contribution in [3.63, 3.8) is 0 Å². The number of Topliss-reactive ketones (excluding diaryl/α,β-unsaturated/α-hetero) is 1. The highest BCUT2D eigenvalue weighted by Crippen LogP contribution is 2.21. The molecule has 0 aliphatic rings. The number of rotatable bonds is 3. The van der Waals surface area contributed by atoms with Crippen molar-refractivity contribution in [3.8, 4) is 5.75 Å². The van der Waals surface area contributed by atoms with Gasteiger partial charge in [-0.25, -0.2) is 0 Å². The van der Waals surface area contributed by atoms with Crippen molar-refractivity contribution in [2.24, 2.45) is 0 Å². The third kappa shape index (κ3) is 1.95.